The predicted molar refractivity (Wildman–Crippen MR) is 53.9 cm³/mol. The second kappa shape index (κ2) is 4.95. The van der Waals surface area contributed by atoms with E-state index >= 15 is 0 Å². The van der Waals surface area contributed by atoms with Crippen molar-refractivity contribution in [2.75, 3.05) is 7.11 Å². The quantitative estimate of drug-likeness (QED) is 0.822. The van der Waals surface area contributed by atoms with Crippen LogP contribution in [0.2, 0.25) is 0 Å². The summed E-state index contributed by atoms with van der Waals surface area (Å²) < 4.78 is 46.5. The SMILES string of the molecule is COc1ccc(C#N)c(OC(C)C(F)(F)F)c1. The lowest BCUT2D eigenvalue weighted by atomic mass is 10.2. The largest absolute Gasteiger partial charge is 0.497 e. The van der Waals surface area contributed by atoms with Crippen LogP contribution in [0.1, 0.15) is 12.5 Å². The van der Waals surface area contributed by atoms with E-state index < -0.39 is 12.3 Å². The van der Waals surface area contributed by atoms with Gasteiger partial charge in [-0.3, -0.25) is 0 Å². The van der Waals surface area contributed by atoms with Crippen molar-refractivity contribution in [2.45, 2.75) is 19.2 Å². The molecule has 0 fully saturated rings. The Balaban J connectivity index is 3.00. The van der Waals surface area contributed by atoms with E-state index in [-0.39, 0.29) is 11.3 Å². The zero-order valence-electron chi connectivity index (χ0n) is 9.21. The van der Waals surface area contributed by atoms with Crippen molar-refractivity contribution in [3.05, 3.63) is 23.8 Å². The molecule has 1 unspecified atom stereocenters. The van der Waals surface area contributed by atoms with Gasteiger partial charge in [-0.25, -0.2) is 0 Å². The van der Waals surface area contributed by atoms with Crippen molar-refractivity contribution < 1.29 is 22.6 Å². The van der Waals surface area contributed by atoms with Gasteiger partial charge in [0.25, 0.3) is 0 Å². The second-order valence-corrected chi connectivity index (χ2v) is 3.28. The highest BCUT2D eigenvalue weighted by Gasteiger charge is 2.38. The van der Waals surface area contributed by atoms with Crippen LogP contribution in [-0.4, -0.2) is 19.4 Å². The molecule has 0 bridgehead atoms. The molecule has 1 atom stereocenters. The molecule has 92 valence electrons. The van der Waals surface area contributed by atoms with Crippen LogP contribution in [-0.2, 0) is 0 Å². The highest BCUT2D eigenvalue weighted by Crippen LogP contribution is 2.29. The average Bonchev–Trinajstić information content (AvgIpc) is 2.27. The molecule has 0 aliphatic rings. The van der Waals surface area contributed by atoms with E-state index in [1.165, 1.54) is 25.3 Å². The van der Waals surface area contributed by atoms with E-state index in [1.807, 2.05) is 0 Å². The first-order valence-electron chi connectivity index (χ1n) is 4.70. The molecule has 0 saturated carbocycles. The third kappa shape index (κ3) is 3.28. The van der Waals surface area contributed by atoms with Crippen LogP contribution in [0.15, 0.2) is 18.2 Å². The number of benzene rings is 1. The standard InChI is InChI=1S/C11H10F3NO2/c1-7(11(12,13)14)17-10-5-9(16-2)4-3-8(10)6-15/h3-5,7H,1-2H3. The molecule has 1 aromatic carbocycles. The minimum absolute atomic E-state index is 0.0295. The van der Waals surface area contributed by atoms with Crippen molar-refractivity contribution in [3.63, 3.8) is 0 Å². The van der Waals surface area contributed by atoms with E-state index in [9.17, 15) is 13.2 Å². The highest BCUT2D eigenvalue weighted by molar-refractivity contribution is 5.47. The summed E-state index contributed by atoms with van der Waals surface area (Å²) in [6, 6.07) is 5.83. The number of nitriles is 1. The number of hydrogen-bond acceptors (Lipinski definition) is 3. The number of hydrogen-bond donors (Lipinski definition) is 0. The Bertz CT molecular complexity index is 437. The zero-order valence-corrected chi connectivity index (χ0v) is 9.21. The predicted octanol–water partition coefficient (Wildman–Crippen LogP) is 2.90. The number of methoxy groups -OCH3 is 1. The smallest absolute Gasteiger partial charge is 0.425 e. The van der Waals surface area contributed by atoms with E-state index in [2.05, 4.69) is 0 Å². The first kappa shape index (κ1) is 13.2. The zero-order chi connectivity index (χ0) is 13.1. The molecule has 1 aromatic rings. The summed E-state index contributed by atoms with van der Waals surface area (Å²) >= 11 is 0. The maximum Gasteiger partial charge on any atom is 0.425 e. The number of ether oxygens (including phenoxy) is 2. The molecule has 0 aliphatic heterocycles. The summed E-state index contributed by atoms with van der Waals surface area (Å²) in [6.45, 7) is 0.876. The summed E-state index contributed by atoms with van der Waals surface area (Å²) in [5, 5.41) is 8.75. The monoisotopic (exact) mass is 245 g/mol. The number of alkyl halides is 3. The minimum Gasteiger partial charge on any atom is -0.497 e. The fourth-order valence-corrected chi connectivity index (χ4v) is 1.08. The molecule has 0 amide bonds. The molecule has 0 saturated heterocycles. The lowest BCUT2D eigenvalue weighted by Crippen LogP contribution is -2.31. The summed E-state index contributed by atoms with van der Waals surface area (Å²) in [6.07, 6.45) is -6.46. The van der Waals surface area contributed by atoms with Gasteiger partial charge in [0, 0.05) is 6.07 Å². The van der Waals surface area contributed by atoms with Gasteiger partial charge in [0.1, 0.15) is 17.6 Å². The van der Waals surface area contributed by atoms with E-state index in [1.54, 1.807) is 6.07 Å². The minimum atomic E-state index is -4.48. The normalized spacial score (nSPS) is 12.7. The summed E-state index contributed by atoms with van der Waals surface area (Å²) in [5.41, 5.74) is 0.0295. The van der Waals surface area contributed by atoms with Crippen molar-refractivity contribution in [1.82, 2.24) is 0 Å². The number of rotatable bonds is 3. The molecule has 17 heavy (non-hydrogen) atoms. The van der Waals surface area contributed by atoms with Gasteiger partial charge >= 0.3 is 6.18 Å². The van der Waals surface area contributed by atoms with Crippen LogP contribution in [0.25, 0.3) is 0 Å². The lowest BCUT2D eigenvalue weighted by Gasteiger charge is -2.18. The molecule has 1 rings (SSSR count). The molecule has 0 spiro atoms. The van der Waals surface area contributed by atoms with Gasteiger partial charge in [-0.05, 0) is 19.1 Å². The van der Waals surface area contributed by atoms with Crippen molar-refractivity contribution >= 4 is 0 Å². The Morgan fingerprint density at radius 2 is 2.00 bits per heavy atom. The fraction of sp³-hybridized carbons (Fsp3) is 0.364. The third-order valence-electron chi connectivity index (χ3n) is 2.07. The Morgan fingerprint density at radius 3 is 2.47 bits per heavy atom. The Morgan fingerprint density at radius 1 is 1.35 bits per heavy atom. The van der Waals surface area contributed by atoms with Crippen LogP contribution in [0.3, 0.4) is 0 Å². The van der Waals surface area contributed by atoms with Gasteiger partial charge in [0.15, 0.2) is 6.10 Å². The van der Waals surface area contributed by atoms with Gasteiger partial charge in [-0.15, -0.1) is 0 Å². The molecule has 0 radical (unpaired) electrons. The molecule has 0 aromatic heterocycles. The van der Waals surface area contributed by atoms with E-state index in [0.29, 0.717) is 5.75 Å². The van der Waals surface area contributed by atoms with Gasteiger partial charge in [0.05, 0.1) is 12.7 Å². The van der Waals surface area contributed by atoms with Crippen LogP contribution in [0, 0.1) is 11.3 Å². The maximum absolute atomic E-state index is 12.3. The molecule has 0 heterocycles. The molecular formula is C11H10F3NO2. The Kier molecular flexibility index (Phi) is 3.84. The van der Waals surface area contributed by atoms with Crippen LogP contribution in [0.4, 0.5) is 13.2 Å². The van der Waals surface area contributed by atoms with Crippen molar-refractivity contribution in [2.24, 2.45) is 0 Å². The van der Waals surface area contributed by atoms with Gasteiger partial charge in [0.2, 0.25) is 0 Å². The van der Waals surface area contributed by atoms with E-state index in [4.69, 9.17) is 14.7 Å². The van der Waals surface area contributed by atoms with Crippen molar-refractivity contribution in [1.29, 1.82) is 5.26 Å². The van der Waals surface area contributed by atoms with Gasteiger partial charge in [-0.2, -0.15) is 18.4 Å². The topological polar surface area (TPSA) is 42.2 Å². The number of nitrogens with zero attached hydrogens (tertiary/aromatic N) is 1. The van der Waals surface area contributed by atoms with Crippen molar-refractivity contribution in [3.8, 4) is 17.6 Å². The molecule has 0 N–H and O–H groups in total. The van der Waals surface area contributed by atoms with Gasteiger partial charge < -0.3 is 9.47 Å². The summed E-state index contributed by atoms with van der Waals surface area (Å²) in [7, 11) is 1.37. The molecule has 3 nitrogen and oxygen atoms in total. The first-order valence-corrected chi connectivity index (χ1v) is 4.70. The summed E-state index contributed by atoms with van der Waals surface area (Å²) in [5.74, 6) is 0.185. The Labute approximate surface area is 96.4 Å². The van der Waals surface area contributed by atoms with Crippen LogP contribution >= 0.6 is 0 Å². The molecule has 6 heteroatoms. The Hall–Kier alpha value is -1.90. The number of halogens is 3. The van der Waals surface area contributed by atoms with Crippen LogP contribution in [0.5, 0.6) is 11.5 Å². The maximum atomic E-state index is 12.3. The molecule has 0 aliphatic carbocycles. The lowest BCUT2D eigenvalue weighted by molar-refractivity contribution is -0.189. The second-order valence-electron chi connectivity index (χ2n) is 3.28. The highest BCUT2D eigenvalue weighted by atomic mass is 19.4. The van der Waals surface area contributed by atoms with Gasteiger partial charge in [-0.1, -0.05) is 0 Å². The molecular weight excluding hydrogens is 235 g/mol. The van der Waals surface area contributed by atoms with E-state index in [0.717, 1.165) is 6.92 Å². The average molecular weight is 245 g/mol. The third-order valence-corrected chi connectivity index (χ3v) is 2.07. The fourth-order valence-electron chi connectivity index (χ4n) is 1.08. The summed E-state index contributed by atoms with van der Waals surface area (Å²) in [4.78, 5) is 0. The van der Waals surface area contributed by atoms with Crippen LogP contribution < -0.4 is 9.47 Å². The first-order chi connectivity index (χ1) is 7.88.